The first-order valence-electron chi connectivity index (χ1n) is 21.6. The summed E-state index contributed by atoms with van der Waals surface area (Å²) in [6.45, 7) is 0. The number of benzene rings is 10. The van der Waals surface area contributed by atoms with Crippen LogP contribution in [0.5, 0.6) is 0 Å². The lowest BCUT2D eigenvalue weighted by Crippen LogP contribution is -2.25. The van der Waals surface area contributed by atoms with Gasteiger partial charge >= 0.3 is 0 Å². The van der Waals surface area contributed by atoms with E-state index in [1.54, 1.807) is 0 Å². The molecule has 63 heavy (non-hydrogen) atoms. The maximum atomic E-state index is 5.31. The Morgan fingerprint density at radius 3 is 1.44 bits per heavy atom. The molecule has 2 aliphatic carbocycles. The molecule has 2 aliphatic rings. The molecule has 0 aliphatic heterocycles. The van der Waals surface area contributed by atoms with Gasteiger partial charge in [-0.05, 0) is 119 Å². The molecule has 0 unspecified atom stereocenters. The van der Waals surface area contributed by atoms with E-state index in [2.05, 4.69) is 206 Å². The summed E-state index contributed by atoms with van der Waals surface area (Å²) >= 11 is 0. The molecule has 3 nitrogen and oxygen atoms in total. The first kappa shape index (κ1) is 35.5. The van der Waals surface area contributed by atoms with E-state index in [4.69, 9.17) is 15.0 Å². The van der Waals surface area contributed by atoms with Crippen LogP contribution in [0.2, 0.25) is 0 Å². The fraction of sp³-hybridized carbons (Fsp3) is 0.0167. The fourth-order valence-electron chi connectivity index (χ4n) is 10.5. The van der Waals surface area contributed by atoms with Gasteiger partial charge in [-0.15, -0.1) is 0 Å². The molecule has 1 aromatic heterocycles. The monoisotopic (exact) mass is 799 g/mol. The summed E-state index contributed by atoms with van der Waals surface area (Å²) in [5, 5.41) is 4.71. The minimum absolute atomic E-state index is 0.446. The Hall–Kier alpha value is -8.27. The molecular weight excluding hydrogens is 763 g/mol. The highest BCUT2D eigenvalue weighted by atomic mass is 15.0. The lowest BCUT2D eigenvalue weighted by atomic mass is 9.70. The molecule has 0 radical (unpaired) electrons. The van der Waals surface area contributed by atoms with Crippen LogP contribution in [0.25, 0.3) is 100 Å². The van der Waals surface area contributed by atoms with Gasteiger partial charge in [0, 0.05) is 16.7 Å². The van der Waals surface area contributed by atoms with Crippen LogP contribution >= 0.6 is 0 Å². The molecule has 10 aromatic carbocycles. The predicted molar refractivity (Wildman–Crippen MR) is 258 cm³/mol. The molecule has 3 heteroatoms. The van der Waals surface area contributed by atoms with Gasteiger partial charge in [0.2, 0.25) is 0 Å². The quantitative estimate of drug-likeness (QED) is 0.174. The van der Waals surface area contributed by atoms with E-state index in [0.29, 0.717) is 17.5 Å². The second-order valence-corrected chi connectivity index (χ2v) is 16.7. The van der Waals surface area contributed by atoms with Gasteiger partial charge in [0.05, 0.1) is 5.41 Å². The third-order valence-corrected chi connectivity index (χ3v) is 13.3. The van der Waals surface area contributed by atoms with Crippen molar-refractivity contribution in [1.29, 1.82) is 0 Å². The van der Waals surface area contributed by atoms with Gasteiger partial charge in [-0.3, -0.25) is 0 Å². The van der Waals surface area contributed by atoms with Crippen LogP contribution in [0.4, 0.5) is 0 Å². The molecule has 13 rings (SSSR count). The Bertz CT molecular complexity index is 3570. The minimum atomic E-state index is -0.446. The fourth-order valence-corrected chi connectivity index (χ4v) is 10.5. The maximum Gasteiger partial charge on any atom is 0.164 e. The largest absolute Gasteiger partial charge is 0.208 e. The van der Waals surface area contributed by atoms with Crippen LogP contribution in [-0.2, 0) is 5.41 Å². The van der Waals surface area contributed by atoms with Crippen molar-refractivity contribution in [1.82, 2.24) is 15.0 Å². The lowest BCUT2D eigenvalue weighted by Gasteiger charge is -2.30. The SMILES string of the molecule is c1ccc(-c2nc(-c3cc(-c4ccc5c(c4)C4(c6ccccc6-c6ccccc64)c4ccccc4-5)cc(-c4cccc5ccccc45)c3)nc(-c3ccc4ccccc4c3)n2)cc1. The number of hydrogen-bond donors (Lipinski definition) is 0. The van der Waals surface area contributed by atoms with E-state index >= 15 is 0 Å². The summed E-state index contributed by atoms with van der Waals surface area (Å²) in [7, 11) is 0. The average molecular weight is 800 g/mol. The third kappa shape index (κ3) is 5.43. The molecule has 0 bridgehead atoms. The van der Waals surface area contributed by atoms with Crippen LogP contribution in [0.15, 0.2) is 224 Å². The molecule has 292 valence electrons. The van der Waals surface area contributed by atoms with Crippen molar-refractivity contribution >= 4 is 21.5 Å². The van der Waals surface area contributed by atoms with Gasteiger partial charge in [0.15, 0.2) is 17.5 Å². The van der Waals surface area contributed by atoms with Gasteiger partial charge in [0.1, 0.15) is 0 Å². The molecular formula is C60H37N3. The second-order valence-electron chi connectivity index (χ2n) is 16.7. The van der Waals surface area contributed by atoms with Crippen molar-refractivity contribution in [3.8, 4) is 78.7 Å². The average Bonchev–Trinajstić information content (AvgIpc) is 3.83. The highest BCUT2D eigenvalue weighted by molar-refractivity contribution is 5.99. The molecule has 1 heterocycles. The summed E-state index contributed by atoms with van der Waals surface area (Å²) < 4.78 is 0. The molecule has 1 spiro atoms. The number of rotatable bonds is 5. The molecule has 0 atom stereocenters. The third-order valence-electron chi connectivity index (χ3n) is 13.3. The van der Waals surface area contributed by atoms with Gasteiger partial charge in [-0.1, -0.05) is 194 Å². The zero-order valence-electron chi connectivity index (χ0n) is 34.2. The van der Waals surface area contributed by atoms with Crippen molar-refractivity contribution in [2.75, 3.05) is 0 Å². The van der Waals surface area contributed by atoms with Crippen molar-refractivity contribution in [2.24, 2.45) is 0 Å². The van der Waals surface area contributed by atoms with Crippen LogP contribution in [0.3, 0.4) is 0 Å². The number of nitrogens with zero attached hydrogens (tertiary/aromatic N) is 3. The maximum absolute atomic E-state index is 5.31. The van der Waals surface area contributed by atoms with Crippen LogP contribution < -0.4 is 0 Å². The first-order chi connectivity index (χ1) is 31.2. The predicted octanol–water partition coefficient (Wildman–Crippen LogP) is 14.9. The van der Waals surface area contributed by atoms with Crippen molar-refractivity contribution < 1.29 is 0 Å². The van der Waals surface area contributed by atoms with E-state index < -0.39 is 5.41 Å². The molecule has 0 fully saturated rings. The lowest BCUT2D eigenvalue weighted by molar-refractivity contribution is 0.794. The standard InChI is InChI=1S/C60H37N3/c1-2-17-40(18-3-1)57-61-58(43-30-29-38-15-4-5-19-41(38)33-43)63-59(62-57)46-35-44(34-45(36-46)48-25-14-20-39-16-6-7-21-47(39)48)42-31-32-52-51-24-10-13-28-55(51)60(56(52)37-42)53-26-11-8-22-49(53)50-23-9-12-27-54(50)60/h1-37H. The first-order valence-corrected chi connectivity index (χ1v) is 21.6. The minimum Gasteiger partial charge on any atom is -0.208 e. The highest BCUT2D eigenvalue weighted by Gasteiger charge is 2.51. The van der Waals surface area contributed by atoms with Gasteiger partial charge in [0.25, 0.3) is 0 Å². The summed E-state index contributed by atoms with van der Waals surface area (Å²) in [6.07, 6.45) is 0. The van der Waals surface area contributed by atoms with Crippen molar-refractivity contribution in [3.63, 3.8) is 0 Å². The summed E-state index contributed by atoms with van der Waals surface area (Å²) in [5.41, 5.74) is 17.3. The normalized spacial score (nSPS) is 12.9. The Kier molecular flexibility index (Phi) is 7.82. The van der Waals surface area contributed by atoms with Crippen LogP contribution in [0.1, 0.15) is 22.3 Å². The van der Waals surface area contributed by atoms with Crippen molar-refractivity contribution in [2.45, 2.75) is 5.41 Å². The topological polar surface area (TPSA) is 38.7 Å². The Labute approximate surface area is 365 Å². The van der Waals surface area contributed by atoms with Crippen molar-refractivity contribution in [3.05, 3.63) is 247 Å². The van der Waals surface area contributed by atoms with E-state index in [1.807, 2.05) is 18.2 Å². The van der Waals surface area contributed by atoms with Crippen LogP contribution in [-0.4, -0.2) is 15.0 Å². The van der Waals surface area contributed by atoms with E-state index in [0.717, 1.165) is 44.3 Å². The summed E-state index contributed by atoms with van der Waals surface area (Å²) in [4.78, 5) is 15.7. The zero-order chi connectivity index (χ0) is 41.5. The van der Waals surface area contributed by atoms with Gasteiger partial charge < -0.3 is 0 Å². The molecule has 11 aromatic rings. The van der Waals surface area contributed by atoms with E-state index in [-0.39, 0.29) is 0 Å². The summed E-state index contributed by atoms with van der Waals surface area (Å²) in [5.74, 6) is 1.90. The highest BCUT2D eigenvalue weighted by Crippen LogP contribution is 2.63. The number of fused-ring (bicyclic) bond motifs is 12. The van der Waals surface area contributed by atoms with Gasteiger partial charge in [-0.25, -0.2) is 15.0 Å². The zero-order valence-corrected chi connectivity index (χ0v) is 34.2. The Balaban J connectivity index is 1.06. The van der Waals surface area contributed by atoms with E-state index in [1.165, 1.54) is 60.7 Å². The Morgan fingerprint density at radius 1 is 0.238 bits per heavy atom. The second kappa shape index (κ2) is 13.9. The number of aromatic nitrogens is 3. The van der Waals surface area contributed by atoms with Crippen LogP contribution in [0, 0.1) is 0 Å². The summed E-state index contributed by atoms with van der Waals surface area (Å²) in [6, 6.07) is 81.3. The smallest absolute Gasteiger partial charge is 0.164 e. The van der Waals surface area contributed by atoms with E-state index in [9.17, 15) is 0 Å². The molecule has 0 saturated heterocycles. The Morgan fingerprint density at radius 2 is 0.730 bits per heavy atom. The molecule has 0 saturated carbocycles. The molecule has 0 N–H and O–H groups in total. The molecule has 0 amide bonds. The number of hydrogen-bond acceptors (Lipinski definition) is 3. The van der Waals surface area contributed by atoms with Gasteiger partial charge in [-0.2, -0.15) is 0 Å².